The molecule has 0 bridgehead atoms. The number of rotatable bonds is 5. The third kappa shape index (κ3) is 5.61. The topological polar surface area (TPSA) is 74.3 Å². The van der Waals surface area contributed by atoms with E-state index in [0.29, 0.717) is 43.4 Å². The van der Waals surface area contributed by atoms with Crippen LogP contribution >= 0.6 is 0 Å². The molecule has 0 saturated carbocycles. The molecule has 38 heavy (non-hydrogen) atoms. The Morgan fingerprint density at radius 1 is 0.947 bits per heavy atom. The number of H-pyrrole nitrogens is 1. The molecule has 0 aliphatic carbocycles. The highest BCUT2D eigenvalue weighted by molar-refractivity contribution is 5.80. The molecule has 1 aliphatic rings. The van der Waals surface area contributed by atoms with Gasteiger partial charge < -0.3 is 19.5 Å². The van der Waals surface area contributed by atoms with Crippen molar-refractivity contribution in [2.24, 2.45) is 0 Å². The van der Waals surface area contributed by atoms with Gasteiger partial charge in [-0.15, -0.1) is 0 Å². The average molecular weight is 526 g/mol. The van der Waals surface area contributed by atoms with Crippen molar-refractivity contribution >= 4 is 12.0 Å². The smallest absolute Gasteiger partial charge is 0.416 e. The zero-order chi connectivity index (χ0) is 26.7. The Labute approximate surface area is 215 Å². The average Bonchev–Trinajstić information content (AvgIpc) is 3.38. The molecule has 0 spiro atoms. The molecule has 1 N–H and O–H groups in total. The van der Waals surface area contributed by atoms with Crippen LogP contribution in [0.3, 0.4) is 0 Å². The number of benzene rings is 2. The van der Waals surface area contributed by atoms with Crippen LogP contribution in [0.2, 0.25) is 0 Å². The number of carbonyl (C=O) groups is 1. The second-order valence-electron chi connectivity index (χ2n) is 8.74. The number of aromatic amines is 1. The summed E-state index contributed by atoms with van der Waals surface area (Å²) < 4.78 is 59.4. The van der Waals surface area contributed by atoms with Crippen molar-refractivity contribution in [1.82, 2.24) is 19.9 Å². The van der Waals surface area contributed by atoms with Gasteiger partial charge >= 0.3 is 12.3 Å². The number of imidazole rings is 1. The first-order valence-electron chi connectivity index (χ1n) is 11.9. The Morgan fingerprint density at radius 3 is 2.42 bits per heavy atom. The Bertz CT molecular complexity index is 1420. The van der Waals surface area contributed by atoms with Crippen LogP contribution in [0.4, 0.5) is 28.3 Å². The molecule has 4 aromatic rings. The summed E-state index contributed by atoms with van der Waals surface area (Å²) in [5.74, 6) is -0.321. The molecule has 7 nitrogen and oxygen atoms in total. The molecule has 5 rings (SSSR count). The lowest BCUT2D eigenvalue weighted by Crippen LogP contribution is -2.49. The Kier molecular flexibility index (Phi) is 6.99. The highest BCUT2D eigenvalue weighted by atomic mass is 19.4. The minimum absolute atomic E-state index is 0.171. The van der Waals surface area contributed by atoms with Crippen LogP contribution in [0.15, 0.2) is 72.9 Å². The largest absolute Gasteiger partial charge is 0.445 e. The van der Waals surface area contributed by atoms with Crippen LogP contribution in [-0.2, 0) is 17.5 Å². The zero-order valence-electron chi connectivity index (χ0n) is 20.1. The van der Waals surface area contributed by atoms with Gasteiger partial charge in [-0.1, -0.05) is 42.5 Å². The van der Waals surface area contributed by atoms with Gasteiger partial charge in [0.25, 0.3) is 0 Å². The van der Waals surface area contributed by atoms with Crippen molar-refractivity contribution in [3.05, 3.63) is 90.0 Å². The van der Waals surface area contributed by atoms with E-state index in [1.165, 1.54) is 24.4 Å². The quantitative estimate of drug-likeness (QED) is 0.265. The summed E-state index contributed by atoms with van der Waals surface area (Å²) >= 11 is 0. The van der Waals surface area contributed by atoms with E-state index in [-0.39, 0.29) is 17.9 Å². The van der Waals surface area contributed by atoms with Crippen molar-refractivity contribution in [3.8, 4) is 22.5 Å². The van der Waals surface area contributed by atoms with Gasteiger partial charge in [-0.3, -0.25) is 0 Å². The molecule has 1 saturated heterocycles. The summed E-state index contributed by atoms with van der Waals surface area (Å²) in [6.45, 7) is 1.74. The van der Waals surface area contributed by atoms with Crippen molar-refractivity contribution in [3.63, 3.8) is 0 Å². The standard InChI is InChI=1S/C27H23F4N5O2/c28-22-16-20(9-10-32-22)24-23(19-7-4-8-21(15-19)27(29,30)31)33-25(34-24)35-11-13-36(14-12-35)26(37)38-17-18-5-2-1-3-6-18/h1-10,15-16H,11-14,17H2,(H,33,34). The van der Waals surface area contributed by atoms with Crippen LogP contribution in [0.25, 0.3) is 22.5 Å². The fourth-order valence-corrected chi connectivity index (χ4v) is 4.24. The molecular weight excluding hydrogens is 502 g/mol. The second kappa shape index (κ2) is 10.5. The van der Waals surface area contributed by atoms with E-state index in [1.54, 1.807) is 11.0 Å². The summed E-state index contributed by atoms with van der Waals surface area (Å²) in [6.07, 6.45) is -3.67. The zero-order valence-corrected chi connectivity index (χ0v) is 20.1. The molecule has 196 valence electrons. The fourth-order valence-electron chi connectivity index (χ4n) is 4.24. The molecule has 1 amide bonds. The maximum absolute atomic E-state index is 13.9. The summed E-state index contributed by atoms with van der Waals surface area (Å²) in [7, 11) is 0. The summed E-state index contributed by atoms with van der Waals surface area (Å²) in [5, 5.41) is 0. The third-order valence-corrected chi connectivity index (χ3v) is 6.21. The predicted molar refractivity (Wildman–Crippen MR) is 133 cm³/mol. The Hall–Kier alpha value is -4.41. The number of amides is 1. The molecule has 2 aromatic carbocycles. The minimum Gasteiger partial charge on any atom is -0.445 e. The monoisotopic (exact) mass is 525 g/mol. The van der Waals surface area contributed by atoms with Gasteiger partial charge in [0.2, 0.25) is 11.9 Å². The number of halogens is 4. The van der Waals surface area contributed by atoms with Crippen molar-refractivity contribution < 1.29 is 27.1 Å². The highest BCUT2D eigenvalue weighted by Gasteiger charge is 2.31. The molecular formula is C27H23F4N5O2. The van der Waals surface area contributed by atoms with E-state index in [0.717, 1.165) is 17.7 Å². The molecule has 2 aromatic heterocycles. The first-order valence-corrected chi connectivity index (χ1v) is 11.9. The molecule has 11 heteroatoms. The maximum atomic E-state index is 13.9. The van der Waals surface area contributed by atoms with E-state index in [9.17, 15) is 22.4 Å². The van der Waals surface area contributed by atoms with Gasteiger partial charge in [-0.25, -0.2) is 14.8 Å². The number of carbonyl (C=O) groups excluding carboxylic acids is 1. The normalized spacial score (nSPS) is 14.0. The number of hydrogen-bond donors (Lipinski definition) is 1. The van der Waals surface area contributed by atoms with Gasteiger partial charge in [0.1, 0.15) is 6.61 Å². The fraction of sp³-hybridized carbons (Fsp3) is 0.222. The lowest BCUT2D eigenvalue weighted by atomic mass is 10.0. The number of nitrogens with zero attached hydrogens (tertiary/aromatic N) is 4. The summed E-state index contributed by atoms with van der Waals surface area (Å²) in [5.41, 5.74) is 1.32. The van der Waals surface area contributed by atoms with Crippen LogP contribution < -0.4 is 4.90 Å². The Morgan fingerprint density at radius 2 is 1.71 bits per heavy atom. The number of alkyl halides is 3. The second-order valence-corrected chi connectivity index (χ2v) is 8.74. The van der Waals surface area contributed by atoms with E-state index >= 15 is 0 Å². The van der Waals surface area contributed by atoms with Gasteiger partial charge in [0.15, 0.2) is 0 Å². The van der Waals surface area contributed by atoms with Gasteiger partial charge in [-0.05, 0) is 23.8 Å². The molecule has 0 unspecified atom stereocenters. The number of anilines is 1. The first-order chi connectivity index (χ1) is 18.3. The lowest BCUT2D eigenvalue weighted by Gasteiger charge is -2.33. The summed E-state index contributed by atoms with van der Waals surface area (Å²) in [4.78, 5) is 27.3. The van der Waals surface area contributed by atoms with Crippen molar-refractivity contribution in [1.29, 1.82) is 0 Å². The van der Waals surface area contributed by atoms with E-state index < -0.39 is 23.8 Å². The first kappa shape index (κ1) is 25.2. The number of hydrogen-bond acceptors (Lipinski definition) is 5. The number of piperazine rings is 1. The van der Waals surface area contributed by atoms with E-state index in [4.69, 9.17) is 4.74 Å². The van der Waals surface area contributed by atoms with Crippen molar-refractivity contribution in [2.45, 2.75) is 12.8 Å². The van der Waals surface area contributed by atoms with Crippen LogP contribution in [0.1, 0.15) is 11.1 Å². The van der Waals surface area contributed by atoms with Crippen LogP contribution in [0.5, 0.6) is 0 Å². The van der Waals surface area contributed by atoms with E-state index in [1.807, 2.05) is 35.2 Å². The number of pyridine rings is 1. The van der Waals surface area contributed by atoms with Crippen LogP contribution in [-0.4, -0.2) is 52.1 Å². The molecule has 1 aliphatic heterocycles. The van der Waals surface area contributed by atoms with Gasteiger partial charge in [-0.2, -0.15) is 17.6 Å². The number of nitrogens with one attached hydrogen (secondary N) is 1. The van der Waals surface area contributed by atoms with Gasteiger partial charge in [0.05, 0.1) is 17.0 Å². The maximum Gasteiger partial charge on any atom is 0.416 e. The minimum atomic E-state index is -4.52. The van der Waals surface area contributed by atoms with E-state index in [2.05, 4.69) is 15.0 Å². The SMILES string of the molecule is O=C(OCc1ccccc1)N1CCN(c2nc(-c3cccc(C(F)(F)F)c3)c(-c3ccnc(F)c3)[nH]2)CC1. The predicted octanol–water partition coefficient (Wildman–Crippen LogP) is 5.76. The number of ether oxygens (including phenoxy) is 1. The molecule has 3 heterocycles. The van der Waals surface area contributed by atoms with Gasteiger partial charge in [0, 0.05) is 49.6 Å². The highest BCUT2D eigenvalue weighted by Crippen LogP contribution is 2.36. The number of aromatic nitrogens is 3. The summed E-state index contributed by atoms with van der Waals surface area (Å²) in [6, 6.07) is 16.9. The molecule has 0 atom stereocenters. The van der Waals surface area contributed by atoms with Crippen LogP contribution in [0, 0.1) is 5.95 Å². The third-order valence-electron chi connectivity index (χ3n) is 6.21. The van der Waals surface area contributed by atoms with Crippen molar-refractivity contribution in [2.75, 3.05) is 31.1 Å². The Balaban J connectivity index is 1.36. The molecule has 1 fully saturated rings. The lowest BCUT2D eigenvalue weighted by molar-refractivity contribution is -0.137. The molecule has 0 radical (unpaired) electrons.